The molecule has 0 aliphatic rings. The molecule has 4 aromatic rings. The van der Waals surface area contributed by atoms with Gasteiger partial charge >= 0.3 is 6.36 Å². The van der Waals surface area contributed by atoms with E-state index in [1.807, 2.05) is 74.2 Å². The number of hydrogen-bond acceptors (Lipinski definition) is 2. The van der Waals surface area contributed by atoms with Crippen molar-refractivity contribution in [2.24, 2.45) is 0 Å². The van der Waals surface area contributed by atoms with Crippen molar-refractivity contribution in [2.45, 2.75) is 50.5 Å². The van der Waals surface area contributed by atoms with Crippen molar-refractivity contribution in [3.63, 3.8) is 0 Å². The molecule has 0 bridgehead atoms. The summed E-state index contributed by atoms with van der Waals surface area (Å²) in [7, 11) is -4.11. The van der Waals surface area contributed by atoms with E-state index in [9.17, 15) is 13.2 Å². The Bertz CT molecular complexity index is 1400. The summed E-state index contributed by atoms with van der Waals surface area (Å²) in [4.78, 5) is 0.739. The van der Waals surface area contributed by atoms with Crippen LogP contribution in [0.5, 0.6) is 5.75 Å². The number of hydrogen-bond donors (Lipinski definition) is 1. The molecular weight excluding hydrogens is 486 g/mol. The van der Waals surface area contributed by atoms with Gasteiger partial charge in [0.25, 0.3) is 0 Å². The van der Waals surface area contributed by atoms with Crippen molar-refractivity contribution < 1.29 is 17.9 Å². The first kappa shape index (κ1) is 24.9. The van der Waals surface area contributed by atoms with Gasteiger partial charge in [-0.2, -0.15) is 0 Å². The van der Waals surface area contributed by atoms with Gasteiger partial charge in [-0.1, -0.05) is 99.9 Å². The van der Waals surface area contributed by atoms with Crippen molar-refractivity contribution in [3.8, 4) is 16.9 Å². The number of halogens is 3. The summed E-state index contributed by atoms with van der Waals surface area (Å²) < 4.78 is 46.5. The Morgan fingerprint density at radius 3 is 1.59 bits per heavy atom. The smallest absolute Gasteiger partial charge is 0.405 e. The largest absolute Gasteiger partial charge is 0.573 e. The quantitative estimate of drug-likeness (QED) is 0.215. The Labute approximate surface area is 206 Å². The molecule has 4 aromatic carbocycles. The summed E-state index contributed by atoms with van der Waals surface area (Å²) in [6.07, 6.45) is -4.81. The zero-order valence-electron chi connectivity index (χ0n) is 20.3. The SMILES string of the molecule is C[Si](C)(C)c1cc2ccccc2c(-c2c(OC(F)(F)F)c([Si](C)(C)C)cc3ccccc23)c1S. The van der Waals surface area contributed by atoms with E-state index in [1.54, 1.807) is 0 Å². The third-order valence-corrected chi connectivity index (χ3v) is 10.8. The van der Waals surface area contributed by atoms with E-state index in [0.29, 0.717) is 10.8 Å². The number of benzene rings is 4. The molecule has 4 rings (SSSR count). The molecule has 0 N–H and O–H groups in total. The number of alkyl halides is 3. The minimum absolute atomic E-state index is 0.0847. The van der Waals surface area contributed by atoms with Crippen LogP contribution >= 0.6 is 12.6 Å². The Kier molecular flexibility index (Phi) is 6.19. The van der Waals surface area contributed by atoms with E-state index in [-0.39, 0.29) is 5.75 Å². The lowest BCUT2D eigenvalue weighted by molar-refractivity contribution is -0.274. The molecule has 1 nitrogen and oxygen atoms in total. The highest BCUT2D eigenvalue weighted by Gasteiger charge is 2.37. The van der Waals surface area contributed by atoms with E-state index in [0.717, 1.165) is 37.2 Å². The molecule has 0 aliphatic heterocycles. The second kappa shape index (κ2) is 8.46. The summed E-state index contributed by atoms with van der Waals surface area (Å²) in [5.41, 5.74) is 1.20. The molecule has 0 aliphatic carbocycles. The monoisotopic (exact) mass is 514 g/mol. The van der Waals surface area contributed by atoms with Crippen molar-refractivity contribution in [1.29, 1.82) is 0 Å². The Hall–Kier alpha value is -2.23. The van der Waals surface area contributed by atoms with Crippen LogP contribution in [-0.4, -0.2) is 22.5 Å². The molecule has 0 saturated heterocycles. The van der Waals surface area contributed by atoms with Gasteiger partial charge < -0.3 is 4.74 Å². The molecule has 0 heterocycles. The maximum Gasteiger partial charge on any atom is 0.573 e. The summed E-state index contributed by atoms with van der Waals surface area (Å²) in [6.45, 7) is 12.8. The second-order valence-electron chi connectivity index (χ2n) is 10.8. The number of fused-ring (bicyclic) bond motifs is 2. The van der Waals surface area contributed by atoms with E-state index in [2.05, 4.69) is 25.7 Å². The summed E-state index contributed by atoms with van der Waals surface area (Å²) in [5, 5.41) is 5.27. The van der Waals surface area contributed by atoms with Gasteiger partial charge in [0, 0.05) is 16.0 Å². The first-order chi connectivity index (χ1) is 15.7. The first-order valence-corrected chi connectivity index (χ1v) is 18.7. The molecule has 0 saturated carbocycles. The lowest BCUT2D eigenvalue weighted by atomic mass is 9.92. The van der Waals surface area contributed by atoms with Crippen LogP contribution < -0.4 is 15.1 Å². The van der Waals surface area contributed by atoms with Crippen LogP contribution in [0.25, 0.3) is 32.7 Å². The van der Waals surface area contributed by atoms with Crippen molar-refractivity contribution in [1.82, 2.24) is 0 Å². The Morgan fingerprint density at radius 2 is 1.12 bits per heavy atom. The van der Waals surface area contributed by atoms with E-state index in [1.165, 1.54) is 0 Å². The predicted molar refractivity (Wildman–Crippen MR) is 147 cm³/mol. The average molecular weight is 515 g/mol. The van der Waals surface area contributed by atoms with Gasteiger partial charge in [-0.3, -0.25) is 0 Å². The average Bonchev–Trinajstić information content (AvgIpc) is 2.71. The van der Waals surface area contributed by atoms with Gasteiger partial charge in [0.1, 0.15) is 5.75 Å². The highest BCUT2D eigenvalue weighted by molar-refractivity contribution is 7.80. The first-order valence-electron chi connectivity index (χ1n) is 11.3. The molecule has 0 atom stereocenters. The van der Waals surface area contributed by atoms with Crippen molar-refractivity contribution >= 4 is 60.7 Å². The summed E-state index contributed by atoms with van der Waals surface area (Å²) >= 11 is 4.99. The van der Waals surface area contributed by atoms with Gasteiger partial charge in [-0.05, 0) is 31.9 Å². The van der Waals surface area contributed by atoms with Crippen LogP contribution in [-0.2, 0) is 0 Å². The molecule has 0 spiro atoms. The topological polar surface area (TPSA) is 9.23 Å². The highest BCUT2D eigenvalue weighted by atomic mass is 32.1. The van der Waals surface area contributed by atoms with Crippen LogP contribution in [0.2, 0.25) is 39.3 Å². The molecule has 0 fully saturated rings. The number of thiol groups is 1. The van der Waals surface area contributed by atoms with Crippen LogP contribution in [0, 0.1) is 0 Å². The van der Waals surface area contributed by atoms with Gasteiger partial charge in [0.2, 0.25) is 0 Å². The zero-order valence-corrected chi connectivity index (χ0v) is 23.2. The molecule has 34 heavy (non-hydrogen) atoms. The van der Waals surface area contributed by atoms with Crippen molar-refractivity contribution in [3.05, 3.63) is 60.7 Å². The third kappa shape index (κ3) is 4.65. The summed E-state index contributed by atoms with van der Waals surface area (Å²) in [5.74, 6) is -0.0847. The minimum Gasteiger partial charge on any atom is -0.405 e. The number of rotatable bonds is 4. The van der Waals surface area contributed by atoms with Crippen LogP contribution in [0.1, 0.15) is 0 Å². The molecule has 7 heteroatoms. The molecule has 0 amide bonds. The van der Waals surface area contributed by atoms with Gasteiger partial charge in [-0.25, -0.2) is 0 Å². The van der Waals surface area contributed by atoms with E-state index in [4.69, 9.17) is 17.4 Å². The lowest BCUT2D eigenvalue weighted by Crippen LogP contribution is -2.41. The standard InChI is InChI=1S/C27H29F3OSSi2/c1-33(2,3)21-15-17-11-7-9-13-19(17)23(25(21)31-27(28,29)30)24-20-14-10-8-12-18(20)16-22(26(24)32)34(4,5)6/h7-16,32H,1-6H3. The second-order valence-corrected chi connectivity index (χ2v) is 21.3. The third-order valence-electron chi connectivity index (χ3n) is 6.11. The Balaban J connectivity index is 2.30. The van der Waals surface area contributed by atoms with Crippen LogP contribution in [0.3, 0.4) is 0 Å². The maximum absolute atomic E-state index is 13.9. The van der Waals surface area contributed by atoms with Gasteiger partial charge in [-0.15, -0.1) is 25.8 Å². The maximum atomic E-state index is 13.9. The molecule has 0 radical (unpaired) electrons. The lowest BCUT2D eigenvalue weighted by Gasteiger charge is -2.28. The van der Waals surface area contributed by atoms with E-state index < -0.39 is 22.5 Å². The fraction of sp³-hybridized carbons (Fsp3) is 0.259. The summed E-state index contributed by atoms with van der Waals surface area (Å²) in [6, 6.07) is 19.5. The van der Waals surface area contributed by atoms with Gasteiger partial charge in [0.05, 0.1) is 16.1 Å². The number of ether oxygens (including phenoxy) is 1. The fourth-order valence-corrected chi connectivity index (χ4v) is 8.69. The normalized spacial score (nSPS) is 13.0. The molecule has 178 valence electrons. The zero-order chi connectivity index (χ0) is 25.1. The molecular formula is C27H29F3OSSi2. The van der Waals surface area contributed by atoms with Gasteiger partial charge in [0.15, 0.2) is 0 Å². The predicted octanol–water partition coefficient (Wildman–Crippen LogP) is 7.94. The van der Waals surface area contributed by atoms with Crippen molar-refractivity contribution in [2.75, 3.05) is 0 Å². The minimum atomic E-state index is -4.81. The highest BCUT2D eigenvalue weighted by Crippen LogP contribution is 2.45. The Morgan fingerprint density at radius 1 is 0.676 bits per heavy atom. The fourth-order valence-electron chi connectivity index (χ4n) is 4.52. The van der Waals surface area contributed by atoms with Crippen LogP contribution in [0.15, 0.2) is 65.6 Å². The molecule has 0 unspecified atom stereocenters. The molecule has 0 aromatic heterocycles. The van der Waals surface area contributed by atoms with Crippen LogP contribution in [0.4, 0.5) is 13.2 Å². The van der Waals surface area contributed by atoms with E-state index >= 15 is 0 Å².